The Morgan fingerprint density at radius 2 is 2.00 bits per heavy atom. The predicted molar refractivity (Wildman–Crippen MR) is 93.3 cm³/mol. The molecule has 0 spiro atoms. The van der Waals surface area contributed by atoms with Gasteiger partial charge in [0.05, 0.1) is 19.3 Å². The lowest BCUT2D eigenvalue weighted by Crippen LogP contribution is -2.32. The van der Waals surface area contributed by atoms with Gasteiger partial charge in [-0.1, -0.05) is 35.9 Å². The van der Waals surface area contributed by atoms with E-state index in [1.54, 1.807) is 0 Å². The summed E-state index contributed by atoms with van der Waals surface area (Å²) in [5.41, 5.74) is 2.27. The summed E-state index contributed by atoms with van der Waals surface area (Å²) in [6, 6.07) is 15.9. The lowest BCUT2D eigenvalue weighted by atomic mass is 10.0. The lowest BCUT2D eigenvalue weighted by Gasteiger charge is -2.26. The molecule has 4 heteroatoms. The standard InChI is InChI=1S/C20H23NO3/c1-15-8-10-16(11-9-15)23-13-4-7-20(22)21-18-12-14-24-19-6-3-2-5-17(18)19/h2-3,5-6,8-11,18H,4,7,12-14H2,1H3,(H,21,22)/t18-/m1/s1. The maximum atomic E-state index is 12.2. The van der Waals surface area contributed by atoms with Gasteiger partial charge in [-0.3, -0.25) is 4.79 Å². The van der Waals surface area contributed by atoms with Crippen molar-refractivity contribution in [2.24, 2.45) is 0 Å². The van der Waals surface area contributed by atoms with Crippen LogP contribution in [0.15, 0.2) is 48.5 Å². The number of amides is 1. The van der Waals surface area contributed by atoms with E-state index in [4.69, 9.17) is 9.47 Å². The van der Waals surface area contributed by atoms with E-state index in [2.05, 4.69) is 5.32 Å². The van der Waals surface area contributed by atoms with Crippen molar-refractivity contribution in [1.82, 2.24) is 5.32 Å². The van der Waals surface area contributed by atoms with Gasteiger partial charge in [0.2, 0.25) is 5.91 Å². The second-order valence-corrected chi connectivity index (χ2v) is 6.06. The van der Waals surface area contributed by atoms with Crippen LogP contribution in [0, 0.1) is 6.92 Å². The molecular formula is C20H23NO3. The van der Waals surface area contributed by atoms with Crippen molar-refractivity contribution in [3.8, 4) is 11.5 Å². The van der Waals surface area contributed by atoms with Crippen LogP contribution in [0.25, 0.3) is 0 Å². The second-order valence-electron chi connectivity index (χ2n) is 6.06. The fraction of sp³-hybridized carbons (Fsp3) is 0.350. The monoisotopic (exact) mass is 325 g/mol. The van der Waals surface area contributed by atoms with E-state index in [-0.39, 0.29) is 11.9 Å². The number of aryl methyl sites for hydroxylation is 1. The number of carbonyl (C=O) groups is 1. The summed E-state index contributed by atoms with van der Waals surface area (Å²) in [6.07, 6.45) is 1.97. The van der Waals surface area contributed by atoms with Gasteiger partial charge in [-0.05, 0) is 31.5 Å². The fourth-order valence-electron chi connectivity index (χ4n) is 2.82. The van der Waals surface area contributed by atoms with Gasteiger partial charge in [0.15, 0.2) is 0 Å². The number of para-hydroxylation sites is 1. The largest absolute Gasteiger partial charge is 0.494 e. The quantitative estimate of drug-likeness (QED) is 0.822. The summed E-state index contributed by atoms with van der Waals surface area (Å²) in [4.78, 5) is 12.2. The van der Waals surface area contributed by atoms with Crippen LogP contribution in [0.1, 0.15) is 36.4 Å². The van der Waals surface area contributed by atoms with Crippen LogP contribution in [-0.2, 0) is 4.79 Å². The third kappa shape index (κ3) is 4.28. The number of rotatable bonds is 6. The van der Waals surface area contributed by atoms with Gasteiger partial charge in [0.25, 0.3) is 0 Å². The second kappa shape index (κ2) is 7.86. The highest BCUT2D eigenvalue weighted by Gasteiger charge is 2.22. The molecule has 1 amide bonds. The first-order valence-electron chi connectivity index (χ1n) is 8.43. The minimum Gasteiger partial charge on any atom is -0.494 e. The molecule has 4 nitrogen and oxygen atoms in total. The van der Waals surface area contributed by atoms with Crippen LogP contribution in [-0.4, -0.2) is 19.1 Å². The molecule has 126 valence electrons. The first-order valence-corrected chi connectivity index (χ1v) is 8.43. The highest BCUT2D eigenvalue weighted by Crippen LogP contribution is 2.31. The zero-order chi connectivity index (χ0) is 16.8. The minimum atomic E-state index is 0.0421. The van der Waals surface area contributed by atoms with Crippen molar-refractivity contribution < 1.29 is 14.3 Å². The molecule has 1 heterocycles. The van der Waals surface area contributed by atoms with Crippen molar-refractivity contribution in [3.05, 3.63) is 59.7 Å². The van der Waals surface area contributed by atoms with Gasteiger partial charge in [-0.15, -0.1) is 0 Å². The van der Waals surface area contributed by atoms with Gasteiger partial charge in [0.1, 0.15) is 11.5 Å². The SMILES string of the molecule is Cc1ccc(OCCCC(=O)N[C@@H]2CCOc3ccccc32)cc1. The van der Waals surface area contributed by atoms with Crippen molar-refractivity contribution in [3.63, 3.8) is 0 Å². The normalized spacial score (nSPS) is 16.0. The molecule has 1 N–H and O–H groups in total. The summed E-state index contributed by atoms with van der Waals surface area (Å²) < 4.78 is 11.3. The molecule has 1 aliphatic heterocycles. The molecule has 0 bridgehead atoms. The van der Waals surface area contributed by atoms with E-state index in [0.717, 1.165) is 23.5 Å². The molecule has 2 aromatic carbocycles. The topological polar surface area (TPSA) is 47.6 Å². The number of benzene rings is 2. The van der Waals surface area contributed by atoms with Crippen LogP contribution in [0.5, 0.6) is 11.5 Å². The number of carbonyl (C=O) groups excluding carboxylic acids is 1. The van der Waals surface area contributed by atoms with Crippen molar-refractivity contribution >= 4 is 5.91 Å². The van der Waals surface area contributed by atoms with E-state index in [1.807, 2.05) is 55.5 Å². The first-order chi connectivity index (χ1) is 11.7. The van der Waals surface area contributed by atoms with Gasteiger partial charge < -0.3 is 14.8 Å². The summed E-state index contributed by atoms with van der Waals surface area (Å²) in [7, 11) is 0. The highest BCUT2D eigenvalue weighted by atomic mass is 16.5. The fourth-order valence-corrected chi connectivity index (χ4v) is 2.82. The highest BCUT2D eigenvalue weighted by molar-refractivity contribution is 5.76. The summed E-state index contributed by atoms with van der Waals surface area (Å²) >= 11 is 0. The molecular weight excluding hydrogens is 302 g/mol. The molecule has 1 atom stereocenters. The average Bonchev–Trinajstić information content (AvgIpc) is 2.61. The number of hydrogen-bond donors (Lipinski definition) is 1. The molecule has 1 aliphatic rings. The van der Waals surface area contributed by atoms with E-state index < -0.39 is 0 Å². The van der Waals surface area contributed by atoms with Crippen LogP contribution in [0.3, 0.4) is 0 Å². The van der Waals surface area contributed by atoms with Crippen molar-refractivity contribution in [2.75, 3.05) is 13.2 Å². The van der Waals surface area contributed by atoms with Crippen LogP contribution in [0.2, 0.25) is 0 Å². The number of hydrogen-bond acceptors (Lipinski definition) is 3. The zero-order valence-electron chi connectivity index (χ0n) is 14.0. The lowest BCUT2D eigenvalue weighted by molar-refractivity contribution is -0.122. The van der Waals surface area contributed by atoms with Crippen molar-refractivity contribution in [1.29, 1.82) is 0 Å². The Morgan fingerprint density at radius 3 is 2.83 bits per heavy atom. The van der Waals surface area contributed by atoms with Gasteiger partial charge in [0, 0.05) is 18.4 Å². The molecule has 0 fully saturated rings. The van der Waals surface area contributed by atoms with Gasteiger partial charge in [-0.25, -0.2) is 0 Å². The Balaban J connectivity index is 1.42. The third-order valence-electron chi connectivity index (χ3n) is 4.13. The van der Waals surface area contributed by atoms with Crippen LogP contribution >= 0.6 is 0 Å². The molecule has 0 aliphatic carbocycles. The Kier molecular flexibility index (Phi) is 5.36. The van der Waals surface area contributed by atoms with E-state index >= 15 is 0 Å². The molecule has 3 rings (SSSR count). The molecule has 0 saturated carbocycles. The molecule has 0 aromatic heterocycles. The van der Waals surface area contributed by atoms with Crippen LogP contribution < -0.4 is 14.8 Å². The smallest absolute Gasteiger partial charge is 0.220 e. The minimum absolute atomic E-state index is 0.0421. The number of ether oxygens (including phenoxy) is 2. The predicted octanol–water partition coefficient (Wildman–Crippen LogP) is 3.79. The first kappa shape index (κ1) is 16.4. The number of nitrogens with one attached hydrogen (secondary N) is 1. The third-order valence-corrected chi connectivity index (χ3v) is 4.13. The molecule has 24 heavy (non-hydrogen) atoms. The Hall–Kier alpha value is -2.49. The molecule has 0 saturated heterocycles. The Labute approximate surface area is 142 Å². The maximum Gasteiger partial charge on any atom is 0.220 e. The molecule has 2 aromatic rings. The maximum absolute atomic E-state index is 12.2. The van der Waals surface area contributed by atoms with E-state index in [9.17, 15) is 4.79 Å². The van der Waals surface area contributed by atoms with Gasteiger partial charge >= 0.3 is 0 Å². The zero-order valence-corrected chi connectivity index (χ0v) is 14.0. The van der Waals surface area contributed by atoms with Crippen molar-refractivity contribution in [2.45, 2.75) is 32.2 Å². The number of fused-ring (bicyclic) bond motifs is 1. The van der Waals surface area contributed by atoms with E-state index in [1.165, 1.54) is 5.56 Å². The van der Waals surface area contributed by atoms with Gasteiger partial charge in [-0.2, -0.15) is 0 Å². The molecule has 0 radical (unpaired) electrons. The molecule has 0 unspecified atom stereocenters. The Bertz CT molecular complexity index is 682. The Morgan fingerprint density at radius 1 is 1.21 bits per heavy atom. The van der Waals surface area contributed by atoms with Crippen LogP contribution in [0.4, 0.5) is 0 Å². The summed E-state index contributed by atoms with van der Waals surface area (Å²) in [5.74, 6) is 1.78. The summed E-state index contributed by atoms with van der Waals surface area (Å²) in [5, 5.41) is 3.11. The summed E-state index contributed by atoms with van der Waals surface area (Å²) in [6.45, 7) is 3.22. The van der Waals surface area contributed by atoms with E-state index in [0.29, 0.717) is 26.1 Å². The average molecular weight is 325 g/mol.